The Balaban J connectivity index is 1.77. The Kier molecular flexibility index (Phi) is 3.42. The fraction of sp³-hybridized carbons (Fsp3) is 1.00. The normalized spacial score (nSPS) is 30.9. The van der Waals surface area contributed by atoms with Crippen molar-refractivity contribution >= 4 is 0 Å². The number of nitrogens with zero attached hydrogens (tertiary/aromatic N) is 2. The maximum absolute atomic E-state index is 5.64. The van der Waals surface area contributed by atoms with Gasteiger partial charge in [0.25, 0.3) is 0 Å². The van der Waals surface area contributed by atoms with E-state index < -0.39 is 0 Å². The second kappa shape index (κ2) is 4.60. The molecule has 0 aromatic heterocycles. The van der Waals surface area contributed by atoms with E-state index in [9.17, 15) is 0 Å². The summed E-state index contributed by atoms with van der Waals surface area (Å²) in [5.41, 5.74) is 5.64. The highest BCUT2D eigenvalue weighted by molar-refractivity contribution is 4.84. The second-order valence-corrected chi connectivity index (χ2v) is 4.91. The van der Waals surface area contributed by atoms with E-state index in [1.807, 2.05) is 0 Å². The van der Waals surface area contributed by atoms with Gasteiger partial charge < -0.3 is 15.5 Å². The van der Waals surface area contributed by atoms with Crippen LogP contribution >= 0.6 is 0 Å². The molecule has 0 spiro atoms. The minimum Gasteiger partial charge on any atom is -0.330 e. The molecule has 3 heteroatoms. The predicted molar refractivity (Wildman–Crippen MR) is 59.3 cm³/mol. The largest absolute Gasteiger partial charge is 0.330 e. The average Bonchev–Trinajstić information content (AvgIpc) is 2.95. The number of nitrogens with two attached hydrogens (primary N) is 1. The first-order valence-corrected chi connectivity index (χ1v) is 5.92. The Morgan fingerprint density at radius 3 is 2.71 bits per heavy atom. The minimum absolute atomic E-state index is 0.701. The zero-order chi connectivity index (χ0) is 9.97. The number of hydrogen-bond acceptors (Lipinski definition) is 3. The van der Waals surface area contributed by atoms with E-state index in [0.29, 0.717) is 6.04 Å². The van der Waals surface area contributed by atoms with Crippen molar-refractivity contribution in [2.75, 3.05) is 39.8 Å². The van der Waals surface area contributed by atoms with Gasteiger partial charge in [0.2, 0.25) is 0 Å². The molecule has 2 rings (SSSR count). The lowest BCUT2D eigenvalue weighted by Gasteiger charge is -2.39. The van der Waals surface area contributed by atoms with E-state index in [1.165, 1.54) is 39.0 Å². The Labute approximate surface area is 87.2 Å². The molecule has 2 N–H and O–H groups in total. The van der Waals surface area contributed by atoms with E-state index in [4.69, 9.17) is 5.73 Å². The lowest BCUT2D eigenvalue weighted by Crippen LogP contribution is -2.52. The monoisotopic (exact) mass is 197 g/mol. The molecule has 0 bridgehead atoms. The molecule has 1 saturated carbocycles. The molecule has 3 nitrogen and oxygen atoms in total. The molecule has 0 radical (unpaired) electrons. The van der Waals surface area contributed by atoms with Crippen LogP contribution in [-0.2, 0) is 0 Å². The van der Waals surface area contributed by atoms with Crippen molar-refractivity contribution < 1.29 is 0 Å². The van der Waals surface area contributed by atoms with E-state index in [1.54, 1.807) is 0 Å². The summed E-state index contributed by atoms with van der Waals surface area (Å²) in [5, 5.41) is 0. The topological polar surface area (TPSA) is 32.5 Å². The van der Waals surface area contributed by atoms with Gasteiger partial charge in [0.15, 0.2) is 0 Å². The van der Waals surface area contributed by atoms with Gasteiger partial charge in [-0.15, -0.1) is 0 Å². The molecule has 0 aromatic rings. The summed E-state index contributed by atoms with van der Waals surface area (Å²) in [5.74, 6) is 1.02. The zero-order valence-electron chi connectivity index (χ0n) is 9.28. The third-order valence-corrected chi connectivity index (χ3v) is 3.57. The van der Waals surface area contributed by atoms with Crippen molar-refractivity contribution in [1.82, 2.24) is 9.80 Å². The molecule has 14 heavy (non-hydrogen) atoms. The predicted octanol–water partition coefficient (Wildman–Crippen LogP) is 0.361. The van der Waals surface area contributed by atoms with Crippen molar-refractivity contribution in [3.05, 3.63) is 0 Å². The first-order valence-electron chi connectivity index (χ1n) is 5.92. The van der Waals surface area contributed by atoms with Crippen LogP contribution in [-0.4, -0.2) is 55.6 Å². The van der Waals surface area contributed by atoms with Gasteiger partial charge in [0, 0.05) is 32.2 Å². The summed E-state index contributed by atoms with van der Waals surface area (Å²) in [7, 11) is 2.23. The van der Waals surface area contributed by atoms with Gasteiger partial charge in [0.1, 0.15) is 0 Å². The third kappa shape index (κ3) is 2.69. The van der Waals surface area contributed by atoms with E-state index in [2.05, 4.69) is 16.8 Å². The second-order valence-electron chi connectivity index (χ2n) is 4.91. The van der Waals surface area contributed by atoms with Crippen LogP contribution in [0.2, 0.25) is 0 Å². The van der Waals surface area contributed by atoms with Crippen LogP contribution in [0.15, 0.2) is 0 Å². The Morgan fingerprint density at radius 2 is 2.07 bits per heavy atom. The highest BCUT2D eigenvalue weighted by atomic mass is 15.3. The van der Waals surface area contributed by atoms with Crippen molar-refractivity contribution in [2.24, 2.45) is 11.7 Å². The van der Waals surface area contributed by atoms with Crippen LogP contribution < -0.4 is 5.73 Å². The maximum atomic E-state index is 5.64. The molecule has 1 unspecified atom stereocenters. The molecular weight excluding hydrogens is 174 g/mol. The van der Waals surface area contributed by atoms with Gasteiger partial charge >= 0.3 is 0 Å². The summed E-state index contributed by atoms with van der Waals surface area (Å²) < 4.78 is 0. The molecule has 82 valence electrons. The highest BCUT2D eigenvalue weighted by Crippen LogP contribution is 2.30. The van der Waals surface area contributed by atoms with Gasteiger partial charge in [-0.25, -0.2) is 0 Å². The fourth-order valence-electron chi connectivity index (χ4n) is 2.35. The molecule has 1 heterocycles. The SMILES string of the molecule is CN1CCN(CC2CC2)CC1CCN. The molecule has 2 aliphatic rings. The minimum atomic E-state index is 0.701. The van der Waals surface area contributed by atoms with Crippen LogP contribution in [0.5, 0.6) is 0 Å². The molecule has 1 aliphatic carbocycles. The average molecular weight is 197 g/mol. The Bertz CT molecular complexity index is 179. The quantitative estimate of drug-likeness (QED) is 0.706. The van der Waals surface area contributed by atoms with Crippen LogP contribution in [0.1, 0.15) is 19.3 Å². The van der Waals surface area contributed by atoms with Crippen molar-refractivity contribution in [3.63, 3.8) is 0 Å². The molecule has 0 aromatic carbocycles. The number of rotatable bonds is 4. The van der Waals surface area contributed by atoms with Gasteiger partial charge in [0.05, 0.1) is 0 Å². The lowest BCUT2D eigenvalue weighted by molar-refractivity contribution is 0.0887. The smallest absolute Gasteiger partial charge is 0.0232 e. The summed E-state index contributed by atoms with van der Waals surface area (Å²) in [6, 6.07) is 0.701. The molecule has 2 fully saturated rings. The lowest BCUT2D eigenvalue weighted by atomic mass is 10.1. The molecule has 1 aliphatic heterocycles. The Hall–Kier alpha value is -0.120. The van der Waals surface area contributed by atoms with Crippen molar-refractivity contribution in [3.8, 4) is 0 Å². The van der Waals surface area contributed by atoms with Crippen LogP contribution in [0.3, 0.4) is 0 Å². The summed E-state index contributed by atoms with van der Waals surface area (Å²) >= 11 is 0. The number of hydrogen-bond donors (Lipinski definition) is 1. The summed E-state index contributed by atoms with van der Waals surface area (Å²) in [4.78, 5) is 5.11. The van der Waals surface area contributed by atoms with Gasteiger partial charge in [-0.05, 0) is 38.8 Å². The van der Waals surface area contributed by atoms with E-state index in [-0.39, 0.29) is 0 Å². The van der Waals surface area contributed by atoms with E-state index >= 15 is 0 Å². The summed E-state index contributed by atoms with van der Waals surface area (Å²) in [6.45, 7) is 5.89. The Morgan fingerprint density at radius 1 is 1.29 bits per heavy atom. The third-order valence-electron chi connectivity index (χ3n) is 3.57. The molecular formula is C11H23N3. The van der Waals surface area contributed by atoms with Crippen LogP contribution in [0.25, 0.3) is 0 Å². The fourth-order valence-corrected chi connectivity index (χ4v) is 2.35. The van der Waals surface area contributed by atoms with Crippen LogP contribution in [0.4, 0.5) is 0 Å². The summed E-state index contributed by atoms with van der Waals surface area (Å²) in [6.07, 6.45) is 4.08. The maximum Gasteiger partial charge on any atom is 0.0232 e. The standard InChI is InChI=1S/C11H23N3/c1-13-6-7-14(8-10-2-3-10)9-11(13)4-5-12/h10-11H,2-9,12H2,1H3. The first-order chi connectivity index (χ1) is 6.79. The first kappa shape index (κ1) is 10.4. The van der Waals surface area contributed by atoms with Gasteiger partial charge in [-0.1, -0.05) is 0 Å². The van der Waals surface area contributed by atoms with Crippen LogP contribution in [0, 0.1) is 5.92 Å². The number of piperazine rings is 1. The molecule has 1 atom stereocenters. The highest BCUT2D eigenvalue weighted by Gasteiger charge is 2.29. The van der Waals surface area contributed by atoms with E-state index in [0.717, 1.165) is 18.9 Å². The number of likely N-dealkylation sites (N-methyl/N-ethyl adjacent to an activating group) is 1. The van der Waals surface area contributed by atoms with Gasteiger partial charge in [-0.3, -0.25) is 0 Å². The van der Waals surface area contributed by atoms with Crippen molar-refractivity contribution in [1.29, 1.82) is 0 Å². The van der Waals surface area contributed by atoms with Gasteiger partial charge in [-0.2, -0.15) is 0 Å². The zero-order valence-corrected chi connectivity index (χ0v) is 9.28. The van der Waals surface area contributed by atoms with Crippen molar-refractivity contribution in [2.45, 2.75) is 25.3 Å². The molecule has 0 amide bonds. The molecule has 1 saturated heterocycles.